The fourth-order valence-electron chi connectivity index (χ4n) is 2.45. The second-order valence-electron chi connectivity index (χ2n) is 6.25. The van der Waals surface area contributed by atoms with Crippen LogP contribution in [0.25, 0.3) is 16.6 Å². The molecule has 1 unspecified atom stereocenters. The molecule has 2 amide bonds. The Morgan fingerprint density at radius 2 is 1.86 bits per heavy atom. The molecule has 0 saturated heterocycles. The number of carbonyl (C=O) groups is 2. The standard InChI is InChI=1S/C21H20N4O2S/c1-14-7-6-10-17(13-14)20-24-25-21(28-20)23-19(27)15(2)22-18(26)12-11-16-8-4-3-5-9-16/h3-13,15H,1-2H3,(H,22,26)(H,23,25,27). The van der Waals surface area contributed by atoms with Crippen molar-refractivity contribution in [1.82, 2.24) is 15.5 Å². The summed E-state index contributed by atoms with van der Waals surface area (Å²) in [7, 11) is 0. The number of rotatable bonds is 6. The molecule has 3 aromatic rings. The molecule has 0 aliphatic heterocycles. The average molecular weight is 392 g/mol. The molecule has 0 bridgehead atoms. The lowest BCUT2D eigenvalue weighted by atomic mass is 10.1. The molecule has 6 nitrogen and oxygen atoms in total. The molecule has 2 aromatic carbocycles. The van der Waals surface area contributed by atoms with Crippen molar-refractivity contribution in [2.45, 2.75) is 19.9 Å². The zero-order valence-corrected chi connectivity index (χ0v) is 16.4. The first-order chi connectivity index (χ1) is 13.5. The lowest BCUT2D eigenvalue weighted by molar-refractivity contribution is -0.123. The van der Waals surface area contributed by atoms with Gasteiger partial charge in [0, 0.05) is 11.6 Å². The highest BCUT2D eigenvalue weighted by molar-refractivity contribution is 7.18. The number of hydrogen-bond acceptors (Lipinski definition) is 5. The van der Waals surface area contributed by atoms with Crippen LogP contribution < -0.4 is 10.6 Å². The van der Waals surface area contributed by atoms with Crippen LogP contribution in [0.4, 0.5) is 5.13 Å². The van der Waals surface area contributed by atoms with Crippen molar-refractivity contribution in [2.24, 2.45) is 0 Å². The number of carbonyl (C=O) groups excluding carboxylic acids is 2. The largest absolute Gasteiger partial charge is 0.341 e. The first-order valence-electron chi connectivity index (χ1n) is 8.76. The number of aryl methyl sites for hydroxylation is 1. The van der Waals surface area contributed by atoms with Gasteiger partial charge in [-0.2, -0.15) is 0 Å². The lowest BCUT2D eigenvalue weighted by Gasteiger charge is -2.11. The van der Waals surface area contributed by atoms with Crippen molar-refractivity contribution >= 4 is 34.4 Å². The van der Waals surface area contributed by atoms with E-state index in [1.54, 1.807) is 13.0 Å². The van der Waals surface area contributed by atoms with Gasteiger partial charge in [0.05, 0.1) is 0 Å². The molecule has 0 spiro atoms. The third kappa shape index (κ3) is 5.34. The first kappa shape index (κ1) is 19.4. The van der Waals surface area contributed by atoms with Crippen molar-refractivity contribution in [3.05, 3.63) is 71.8 Å². The van der Waals surface area contributed by atoms with E-state index in [0.717, 1.165) is 21.7 Å². The van der Waals surface area contributed by atoms with E-state index in [2.05, 4.69) is 20.8 Å². The first-order valence-corrected chi connectivity index (χ1v) is 9.58. The molecule has 2 N–H and O–H groups in total. The second-order valence-corrected chi connectivity index (χ2v) is 7.22. The quantitative estimate of drug-likeness (QED) is 0.627. The van der Waals surface area contributed by atoms with Crippen LogP contribution in [0.5, 0.6) is 0 Å². The van der Waals surface area contributed by atoms with Gasteiger partial charge in [-0.25, -0.2) is 0 Å². The summed E-state index contributed by atoms with van der Waals surface area (Å²) in [6.07, 6.45) is 3.10. The predicted molar refractivity (Wildman–Crippen MR) is 112 cm³/mol. The minimum absolute atomic E-state index is 0.343. The van der Waals surface area contributed by atoms with E-state index in [9.17, 15) is 9.59 Å². The summed E-state index contributed by atoms with van der Waals surface area (Å²) in [4.78, 5) is 24.3. The van der Waals surface area contributed by atoms with Crippen LogP contribution in [0.2, 0.25) is 0 Å². The van der Waals surface area contributed by atoms with Gasteiger partial charge < -0.3 is 5.32 Å². The summed E-state index contributed by atoms with van der Waals surface area (Å²) in [5.74, 6) is -0.697. The summed E-state index contributed by atoms with van der Waals surface area (Å²) in [5.41, 5.74) is 2.98. The number of amides is 2. The van der Waals surface area contributed by atoms with Crippen LogP contribution in [-0.4, -0.2) is 28.1 Å². The highest BCUT2D eigenvalue weighted by Gasteiger charge is 2.17. The van der Waals surface area contributed by atoms with Crippen molar-refractivity contribution in [1.29, 1.82) is 0 Å². The van der Waals surface area contributed by atoms with Crippen LogP contribution in [0.1, 0.15) is 18.1 Å². The summed E-state index contributed by atoms with van der Waals surface area (Å²) < 4.78 is 0. The Morgan fingerprint density at radius 1 is 1.07 bits per heavy atom. The van der Waals surface area contributed by atoms with Crippen LogP contribution in [0.3, 0.4) is 0 Å². The number of benzene rings is 2. The Morgan fingerprint density at radius 3 is 2.61 bits per heavy atom. The van der Waals surface area contributed by atoms with Gasteiger partial charge in [0.25, 0.3) is 0 Å². The van der Waals surface area contributed by atoms with Crippen molar-refractivity contribution < 1.29 is 9.59 Å². The van der Waals surface area contributed by atoms with Crippen LogP contribution in [0, 0.1) is 6.92 Å². The zero-order valence-electron chi connectivity index (χ0n) is 15.5. The SMILES string of the molecule is Cc1cccc(-c2nnc(NC(=O)C(C)NC(=O)C=Cc3ccccc3)s2)c1. The summed E-state index contributed by atoms with van der Waals surface area (Å²) in [6.45, 7) is 3.62. The van der Waals surface area contributed by atoms with Crippen molar-refractivity contribution in [3.63, 3.8) is 0 Å². The van der Waals surface area contributed by atoms with Crippen molar-refractivity contribution in [3.8, 4) is 10.6 Å². The molecule has 1 aromatic heterocycles. The molecule has 0 aliphatic carbocycles. The van der Waals surface area contributed by atoms with Gasteiger partial charge in [0.15, 0.2) is 0 Å². The maximum Gasteiger partial charge on any atom is 0.248 e. The smallest absolute Gasteiger partial charge is 0.248 e. The molecule has 1 atom stereocenters. The maximum absolute atomic E-state index is 12.3. The van der Waals surface area contributed by atoms with Crippen LogP contribution >= 0.6 is 11.3 Å². The monoisotopic (exact) mass is 392 g/mol. The Bertz CT molecular complexity index is 998. The fraction of sp³-hybridized carbons (Fsp3) is 0.143. The van der Waals surface area contributed by atoms with Gasteiger partial charge in [0.1, 0.15) is 11.0 Å². The number of hydrogen-bond donors (Lipinski definition) is 2. The summed E-state index contributed by atoms with van der Waals surface area (Å²) in [5, 5.41) is 14.6. The van der Waals surface area contributed by atoms with Gasteiger partial charge in [0.2, 0.25) is 16.9 Å². The third-order valence-electron chi connectivity index (χ3n) is 3.90. The molecule has 0 saturated carbocycles. The Kier molecular flexibility index (Phi) is 6.29. The fourth-order valence-corrected chi connectivity index (χ4v) is 3.19. The van der Waals surface area contributed by atoms with Gasteiger partial charge in [-0.3, -0.25) is 14.9 Å². The second kappa shape index (κ2) is 9.05. The zero-order chi connectivity index (χ0) is 19.9. The molecular formula is C21H20N4O2S. The topological polar surface area (TPSA) is 84.0 Å². The minimum atomic E-state index is -0.709. The van der Waals surface area contributed by atoms with Crippen LogP contribution in [-0.2, 0) is 9.59 Å². The Balaban J connectivity index is 1.55. The van der Waals surface area contributed by atoms with Gasteiger partial charge >= 0.3 is 0 Å². The lowest BCUT2D eigenvalue weighted by Crippen LogP contribution is -2.40. The molecule has 142 valence electrons. The van der Waals surface area contributed by atoms with E-state index in [0.29, 0.717) is 5.13 Å². The van der Waals surface area contributed by atoms with Gasteiger partial charge in [-0.05, 0) is 31.6 Å². The molecule has 0 aliphatic rings. The van der Waals surface area contributed by atoms with E-state index in [-0.39, 0.29) is 11.8 Å². The molecule has 28 heavy (non-hydrogen) atoms. The normalized spacial score (nSPS) is 11.9. The number of nitrogens with zero attached hydrogens (tertiary/aromatic N) is 2. The van der Waals surface area contributed by atoms with Crippen LogP contribution in [0.15, 0.2) is 60.7 Å². The van der Waals surface area contributed by atoms with Crippen molar-refractivity contribution in [2.75, 3.05) is 5.32 Å². The number of aromatic nitrogens is 2. The number of anilines is 1. The Hall–Kier alpha value is -3.32. The van der Waals surface area contributed by atoms with Gasteiger partial charge in [-0.1, -0.05) is 65.4 Å². The molecule has 0 fully saturated rings. The highest BCUT2D eigenvalue weighted by Crippen LogP contribution is 2.26. The highest BCUT2D eigenvalue weighted by atomic mass is 32.1. The predicted octanol–water partition coefficient (Wildman–Crippen LogP) is 3.67. The minimum Gasteiger partial charge on any atom is -0.341 e. The Labute approximate surface area is 167 Å². The van der Waals surface area contributed by atoms with E-state index >= 15 is 0 Å². The molecule has 7 heteroatoms. The van der Waals surface area contributed by atoms with E-state index < -0.39 is 6.04 Å². The van der Waals surface area contributed by atoms with Gasteiger partial charge in [-0.15, -0.1) is 10.2 Å². The molecule has 3 rings (SSSR count). The molecular weight excluding hydrogens is 372 g/mol. The van der Waals surface area contributed by atoms with E-state index in [4.69, 9.17) is 0 Å². The number of nitrogens with one attached hydrogen (secondary N) is 2. The summed E-state index contributed by atoms with van der Waals surface area (Å²) in [6, 6.07) is 16.7. The molecule has 1 heterocycles. The average Bonchev–Trinajstić information content (AvgIpc) is 3.15. The summed E-state index contributed by atoms with van der Waals surface area (Å²) >= 11 is 1.29. The maximum atomic E-state index is 12.3. The van der Waals surface area contributed by atoms with E-state index in [1.165, 1.54) is 17.4 Å². The van der Waals surface area contributed by atoms with E-state index in [1.807, 2.05) is 61.5 Å². The molecule has 0 radical (unpaired) electrons. The third-order valence-corrected chi connectivity index (χ3v) is 4.79.